The molecule has 4 heteroatoms. The van der Waals surface area contributed by atoms with Crippen LogP contribution in [0.4, 0.5) is 11.4 Å². The number of anilines is 2. The molecule has 0 saturated carbocycles. The second-order valence-corrected chi connectivity index (χ2v) is 5.83. The molecule has 4 nitrogen and oxygen atoms in total. The van der Waals surface area contributed by atoms with Crippen molar-refractivity contribution in [2.75, 3.05) is 11.5 Å². The number of rotatable bonds is 3. The van der Waals surface area contributed by atoms with Gasteiger partial charge in [-0.1, -0.05) is 30.3 Å². The van der Waals surface area contributed by atoms with E-state index in [1.54, 1.807) is 18.2 Å². The lowest BCUT2D eigenvalue weighted by atomic mass is 10.2. The molecule has 25 heavy (non-hydrogen) atoms. The molecule has 0 atom stereocenters. The van der Waals surface area contributed by atoms with Crippen LogP contribution in [0.25, 0.3) is 0 Å². The SMILES string of the molecule is Cc1cc(O)ccc1N.Cc1cc(OCc2ccccc2)ccc1N. The van der Waals surface area contributed by atoms with Crippen LogP contribution in [0, 0.1) is 13.8 Å². The number of nitrogen functional groups attached to an aromatic ring is 2. The van der Waals surface area contributed by atoms with Crippen molar-refractivity contribution in [1.82, 2.24) is 0 Å². The molecule has 0 heterocycles. The van der Waals surface area contributed by atoms with Gasteiger partial charge in [0.1, 0.15) is 18.1 Å². The van der Waals surface area contributed by atoms with E-state index in [1.807, 2.05) is 62.4 Å². The first-order chi connectivity index (χ1) is 12.0. The third kappa shape index (κ3) is 5.77. The third-order valence-electron chi connectivity index (χ3n) is 3.74. The van der Waals surface area contributed by atoms with E-state index in [1.165, 1.54) is 0 Å². The average Bonchev–Trinajstić information content (AvgIpc) is 2.61. The number of ether oxygens (including phenoxy) is 1. The Morgan fingerprint density at radius 2 is 1.40 bits per heavy atom. The van der Waals surface area contributed by atoms with Crippen LogP contribution in [0.2, 0.25) is 0 Å². The highest BCUT2D eigenvalue weighted by Crippen LogP contribution is 2.19. The lowest BCUT2D eigenvalue weighted by Gasteiger charge is -2.08. The van der Waals surface area contributed by atoms with E-state index in [9.17, 15) is 0 Å². The maximum Gasteiger partial charge on any atom is 0.120 e. The highest BCUT2D eigenvalue weighted by molar-refractivity contribution is 5.50. The predicted octanol–water partition coefficient (Wildman–Crippen LogP) is 4.44. The van der Waals surface area contributed by atoms with Crippen LogP contribution in [0.5, 0.6) is 11.5 Å². The van der Waals surface area contributed by atoms with Crippen molar-refractivity contribution < 1.29 is 9.84 Å². The highest BCUT2D eigenvalue weighted by atomic mass is 16.5. The quantitative estimate of drug-likeness (QED) is 0.488. The van der Waals surface area contributed by atoms with Crippen LogP contribution in [0.1, 0.15) is 16.7 Å². The molecular weight excluding hydrogens is 312 g/mol. The minimum absolute atomic E-state index is 0.265. The molecule has 0 spiro atoms. The van der Waals surface area contributed by atoms with Gasteiger partial charge in [0.05, 0.1) is 0 Å². The molecule has 0 aromatic heterocycles. The summed E-state index contributed by atoms with van der Waals surface area (Å²) < 4.78 is 5.67. The van der Waals surface area contributed by atoms with Gasteiger partial charge < -0.3 is 21.3 Å². The molecule has 0 fully saturated rings. The van der Waals surface area contributed by atoms with Crippen LogP contribution in [0.15, 0.2) is 66.7 Å². The summed E-state index contributed by atoms with van der Waals surface area (Å²) in [6, 6.07) is 20.7. The van der Waals surface area contributed by atoms with E-state index in [0.717, 1.165) is 28.1 Å². The van der Waals surface area contributed by atoms with Gasteiger partial charge in [-0.05, 0) is 66.9 Å². The van der Waals surface area contributed by atoms with E-state index in [0.29, 0.717) is 12.3 Å². The van der Waals surface area contributed by atoms with Crippen LogP contribution in [-0.4, -0.2) is 5.11 Å². The van der Waals surface area contributed by atoms with Gasteiger partial charge in [0, 0.05) is 11.4 Å². The zero-order chi connectivity index (χ0) is 18.2. The van der Waals surface area contributed by atoms with Gasteiger partial charge in [0.25, 0.3) is 0 Å². The number of phenolic OH excluding ortho intramolecular Hbond substituents is 1. The summed E-state index contributed by atoms with van der Waals surface area (Å²) in [5.74, 6) is 1.12. The first-order valence-corrected chi connectivity index (χ1v) is 8.03. The third-order valence-corrected chi connectivity index (χ3v) is 3.74. The first-order valence-electron chi connectivity index (χ1n) is 8.03. The standard InChI is InChI=1S/C14H15NO.C7H9NO/c1-11-9-13(7-8-14(11)15)16-10-12-5-3-2-4-6-12;1-5-4-6(9)2-3-7(5)8/h2-9H,10,15H2,1H3;2-4,9H,8H2,1H3. The lowest BCUT2D eigenvalue weighted by molar-refractivity contribution is 0.306. The molecule has 5 N–H and O–H groups in total. The van der Waals surface area contributed by atoms with Crippen LogP contribution in [0.3, 0.4) is 0 Å². The smallest absolute Gasteiger partial charge is 0.120 e. The maximum atomic E-state index is 8.88. The Kier molecular flexibility index (Phi) is 6.29. The first kappa shape index (κ1) is 18.2. The van der Waals surface area contributed by atoms with Crippen molar-refractivity contribution in [2.24, 2.45) is 0 Å². The summed E-state index contributed by atoms with van der Waals surface area (Å²) in [6.45, 7) is 4.42. The minimum Gasteiger partial charge on any atom is -0.508 e. The Bertz CT molecular complexity index is 817. The number of aryl methyl sites for hydroxylation is 2. The molecule has 0 aliphatic rings. The zero-order valence-electron chi connectivity index (χ0n) is 14.6. The van der Waals surface area contributed by atoms with E-state index >= 15 is 0 Å². The number of hydrogen-bond acceptors (Lipinski definition) is 4. The molecule has 0 radical (unpaired) electrons. The second kappa shape index (κ2) is 8.64. The molecular formula is C21H24N2O2. The molecule has 3 rings (SSSR count). The fourth-order valence-corrected chi connectivity index (χ4v) is 2.14. The Morgan fingerprint density at radius 1 is 0.800 bits per heavy atom. The average molecular weight is 336 g/mol. The topological polar surface area (TPSA) is 81.5 Å². The normalized spacial score (nSPS) is 9.84. The maximum absolute atomic E-state index is 8.88. The molecule has 130 valence electrons. The monoisotopic (exact) mass is 336 g/mol. The molecule has 3 aromatic carbocycles. The van der Waals surface area contributed by atoms with Crippen LogP contribution >= 0.6 is 0 Å². The van der Waals surface area contributed by atoms with Crippen LogP contribution < -0.4 is 16.2 Å². The number of benzene rings is 3. The van der Waals surface area contributed by atoms with Gasteiger partial charge in [0.2, 0.25) is 0 Å². The molecule has 0 bridgehead atoms. The molecule has 3 aromatic rings. The summed E-state index contributed by atoms with van der Waals surface area (Å²) in [7, 11) is 0. The number of nitrogens with two attached hydrogens (primary N) is 2. The summed E-state index contributed by atoms with van der Waals surface area (Å²) in [4.78, 5) is 0. The molecule has 0 aliphatic heterocycles. The van der Waals surface area contributed by atoms with Crippen molar-refractivity contribution in [2.45, 2.75) is 20.5 Å². The van der Waals surface area contributed by atoms with Crippen molar-refractivity contribution in [3.05, 3.63) is 83.4 Å². The van der Waals surface area contributed by atoms with Gasteiger partial charge in [-0.15, -0.1) is 0 Å². The van der Waals surface area contributed by atoms with Gasteiger partial charge >= 0.3 is 0 Å². The second-order valence-electron chi connectivity index (χ2n) is 5.83. The van der Waals surface area contributed by atoms with Gasteiger partial charge in [-0.2, -0.15) is 0 Å². The summed E-state index contributed by atoms with van der Waals surface area (Å²) in [6.07, 6.45) is 0. The Labute approximate surface area is 148 Å². The summed E-state index contributed by atoms with van der Waals surface area (Å²) >= 11 is 0. The Morgan fingerprint density at radius 3 is 1.96 bits per heavy atom. The molecule has 0 unspecified atom stereocenters. The fourth-order valence-electron chi connectivity index (χ4n) is 2.14. The van der Waals surface area contributed by atoms with Gasteiger partial charge in [-0.3, -0.25) is 0 Å². The van der Waals surface area contributed by atoms with Crippen molar-refractivity contribution in [1.29, 1.82) is 0 Å². The zero-order valence-corrected chi connectivity index (χ0v) is 14.6. The molecule has 0 amide bonds. The summed E-state index contributed by atoms with van der Waals surface area (Å²) in [5, 5.41) is 8.88. The van der Waals surface area contributed by atoms with E-state index in [4.69, 9.17) is 21.3 Å². The lowest BCUT2D eigenvalue weighted by Crippen LogP contribution is -1.96. The van der Waals surface area contributed by atoms with E-state index < -0.39 is 0 Å². The molecule has 0 saturated heterocycles. The number of phenols is 1. The van der Waals surface area contributed by atoms with Gasteiger partial charge in [0.15, 0.2) is 0 Å². The van der Waals surface area contributed by atoms with Crippen molar-refractivity contribution in [3.63, 3.8) is 0 Å². The molecule has 0 aliphatic carbocycles. The van der Waals surface area contributed by atoms with Gasteiger partial charge in [-0.25, -0.2) is 0 Å². The van der Waals surface area contributed by atoms with E-state index in [-0.39, 0.29) is 5.75 Å². The Hall–Kier alpha value is -3.14. The van der Waals surface area contributed by atoms with Crippen LogP contribution in [-0.2, 0) is 6.61 Å². The fraction of sp³-hybridized carbons (Fsp3) is 0.143. The van der Waals surface area contributed by atoms with Crippen molar-refractivity contribution in [3.8, 4) is 11.5 Å². The predicted molar refractivity (Wildman–Crippen MR) is 104 cm³/mol. The van der Waals surface area contributed by atoms with E-state index in [2.05, 4.69) is 0 Å². The summed E-state index contributed by atoms with van der Waals surface area (Å²) in [5.41, 5.74) is 15.9. The Balaban J connectivity index is 0.000000212. The highest BCUT2D eigenvalue weighted by Gasteiger charge is 1.98. The number of aromatic hydroxyl groups is 1. The van der Waals surface area contributed by atoms with Crippen molar-refractivity contribution >= 4 is 11.4 Å². The minimum atomic E-state index is 0.265. The number of hydrogen-bond donors (Lipinski definition) is 3. The largest absolute Gasteiger partial charge is 0.508 e.